The van der Waals surface area contributed by atoms with Gasteiger partial charge in [0, 0.05) is 30.7 Å². The fraction of sp³-hybridized carbons (Fsp3) is 0.176. The summed E-state index contributed by atoms with van der Waals surface area (Å²) in [4.78, 5) is 19.2. The minimum atomic E-state index is -4.61. The Labute approximate surface area is 151 Å². The van der Waals surface area contributed by atoms with Gasteiger partial charge in [-0.25, -0.2) is 14.8 Å². The van der Waals surface area contributed by atoms with Crippen molar-refractivity contribution in [1.29, 1.82) is 0 Å². The highest BCUT2D eigenvalue weighted by Crippen LogP contribution is 2.36. The molecule has 0 aliphatic heterocycles. The summed E-state index contributed by atoms with van der Waals surface area (Å²) in [5, 5.41) is 6.70. The molecule has 140 valence electrons. The first kappa shape index (κ1) is 18.4. The van der Waals surface area contributed by atoms with Crippen LogP contribution < -0.4 is 5.32 Å². The summed E-state index contributed by atoms with van der Waals surface area (Å²) in [7, 11) is 2.87. The van der Waals surface area contributed by atoms with Crippen molar-refractivity contribution in [1.82, 2.24) is 19.7 Å². The van der Waals surface area contributed by atoms with Crippen molar-refractivity contribution < 1.29 is 22.7 Å². The molecule has 0 aliphatic rings. The van der Waals surface area contributed by atoms with E-state index in [1.165, 1.54) is 36.3 Å². The number of nitrogens with one attached hydrogen (secondary N) is 1. The molecule has 3 rings (SSSR count). The second-order valence-electron chi connectivity index (χ2n) is 5.55. The van der Waals surface area contributed by atoms with Gasteiger partial charge in [0.15, 0.2) is 0 Å². The molecule has 1 aromatic carbocycles. The van der Waals surface area contributed by atoms with E-state index in [-0.39, 0.29) is 17.2 Å². The maximum atomic E-state index is 13.3. The smallest absolute Gasteiger partial charge is 0.419 e. The molecule has 10 heteroatoms. The minimum Gasteiger partial charge on any atom is -0.465 e. The Kier molecular flexibility index (Phi) is 4.80. The van der Waals surface area contributed by atoms with Crippen LogP contribution in [0.5, 0.6) is 0 Å². The predicted octanol–water partition coefficient (Wildman–Crippen LogP) is 3.43. The number of alkyl halides is 3. The van der Waals surface area contributed by atoms with Crippen molar-refractivity contribution in [3.05, 3.63) is 54.0 Å². The number of esters is 1. The van der Waals surface area contributed by atoms with Crippen molar-refractivity contribution in [2.24, 2.45) is 7.05 Å². The highest BCUT2D eigenvalue weighted by Gasteiger charge is 2.35. The van der Waals surface area contributed by atoms with Gasteiger partial charge in [-0.1, -0.05) is 0 Å². The number of methoxy groups -OCH3 is 1. The van der Waals surface area contributed by atoms with Gasteiger partial charge in [-0.3, -0.25) is 4.68 Å². The average Bonchev–Trinajstić information content (AvgIpc) is 3.07. The molecule has 0 spiro atoms. The molecule has 2 heterocycles. The summed E-state index contributed by atoms with van der Waals surface area (Å²) in [6, 6.07) is 6.16. The second-order valence-corrected chi connectivity index (χ2v) is 5.55. The Balaban J connectivity index is 1.94. The Morgan fingerprint density at radius 1 is 1.19 bits per heavy atom. The molecule has 0 fully saturated rings. The third-order valence-electron chi connectivity index (χ3n) is 3.63. The summed E-state index contributed by atoms with van der Waals surface area (Å²) >= 11 is 0. The lowest BCUT2D eigenvalue weighted by atomic mass is 10.1. The standard InChI is InChI=1S/C17H14F3N5O2/c1-25-9-11(7-22-25)14-13(17(18,19)20)8-21-16(24-14)23-12-5-3-10(4-6-12)15(26)27-2/h3-9H,1-2H3,(H,21,23,24). The number of aromatic nitrogens is 4. The van der Waals surface area contributed by atoms with E-state index in [4.69, 9.17) is 0 Å². The summed E-state index contributed by atoms with van der Waals surface area (Å²) in [5.74, 6) is -0.515. The van der Waals surface area contributed by atoms with Crippen LogP contribution in [0, 0.1) is 0 Å². The van der Waals surface area contributed by atoms with E-state index in [1.807, 2.05) is 0 Å². The summed E-state index contributed by atoms with van der Waals surface area (Å²) < 4.78 is 45.8. The van der Waals surface area contributed by atoms with Gasteiger partial charge in [0.1, 0.15) is 5.56 Å². The van der Waals surface area contributed by atoms with E-state index in [0.717, 1.165) is 6.20 Å². The molecule has 1 N–H and O–H groups in total. The normalized spacial score (nSPS) is 11.3. The lowest BCUT2D eigenvalue weighted by Gasteiger charge is -2.12. The number of anilines is 2. The first-order chi connectivity index (χ1) is 12.8. The molecule has 0 bridgehead atoms. The van der Waals surface area contributed by atoms with E-state index in [2.05, 4.69) is 25.1 Å². The molecule has 0 amide bonds. The maximum absolute atomic E-state index is 13.3. The van der Waals surface area contributed by atoms with E-state index in [1.54, 1.807) is 19.2 Å². The number of nitrogens with zero attached hydrogens (tertiary/aromatic N) is 4. The Bertz CT molecular complexity index is 967. The van der Waals surface area contributed by atoms with Crippen molar-refractivity contribution in [3.63, 3.8) is 0 Å². The van der Waals surface area contributed by atoms with Crippen LogP contribution in [-0.4, -0.2) is 32.8 Å². The Morgan fingerprint density at radius 2 is 1.89 bits per heavy atom. The summed E-state index contributed by atoms with van der Waals surface area (Å²) in [5.41, 5.74) is -0.176. The number of carbonyl (C=O) groups excluding carboxylic acids is 1. The van der Waals surface area contributed by atoms with Crippen LogP contribution in [-0.2, 0) is 18.0 Å². The third-order valence-corrected chi connectivity index (χ3v) is 3.63. The lowest BCUT2D eigenvalue weighted by molar-refractivity contribution is -0.137. The van der Waals surface area contributed by atoms with Gasteiger partial charge in [0.2, 0.25) is 5.95 Å². The van der Waals surface area contributed by atoms with Crippen LogP contribution in [0.25, 0.3) is 11.3 Å². The van der Waals surface area contributed by atoms with Crippen LogP contribution >= 0.6 is 0 Å². The van der Waals surface area contributed by atoms with Gasteiger partial charge in [0.05, 0.1) is 24.6 Å². The molecule has 0 unspecified atom stereocenters. The van der Waals surface area contributed by atoms with Gasteiger partial charge in [-0.15, -0.1) is 0 Å². The lowest BCUT2D eigenvalue weighted by Crippen LogP contribution is -2.11. The number of benzene rings is 1. The summed E-state index contributed by atoms with van der Waals surface area (Å²) in [6.45, 7) is 0. The van der Waals surface area contributed by atoms with Crippen LogP contribution in [0.3, 0.4) is 0 Å². The molecule has 0 saturated carbocycles. The van der Waals surface area contributed by atoms with Crippen LogP contribution in [0.2, 0.25) is 0 Å². The quantitative estimate of drug-likeness (QED) is 0.702. The van der Waals surface area contributed by atoms with Gasteiger partial charge in [-0.2, -0.15) is 18.3 Å². The number of aryl methyl sites for hydroxylation is 1. The number of rotatable bonds is 4. The van der Waals surface area contributed by atoms with Crippen LogP contribution in [0.1, 0.15) is 15.9 Å². The second kappa shape index (κ2) is 7.06. The largest absolute Gasteiger partial charge is 0.465 e. The van der Waals surface area contributed by atoms with Gasteiger partial charge < -0.3 is 10.1 Å². The van der Waals surface area contributed by atoms with E-state index in [9.17, 15) is 18.0 Å². The molecule has 2 aromatic heterocycles. The minimum absolute atomic E-state index is 0.0207. The van der Waals surface area contributed by atoms with Gasteiger partial charge in [0.25, 0.3) is 0 Å². The molecular formula is C17H14F3N5O2. The first-order valence-electron chi connectivity index (χ1n) is 7.66. The zero-order valence-electron chi connectivity index (χ0n) is 14.3. The zero-order chi connectivity index (χ0) is 19.6. The fourth-order valence-electron chi connectivity index (χ4n) is 2.35. The SMILES string of the molecule is COC(=O)c1ccc(Nc2ncc(C(F)(F)F)c(-c3cnn(C)c3)n2)cc1. The van der Waals surface area contributed by atoms with Gasteiger partial charge >= 0.3 is 12.1 Å². The van der Waals surface area contributed by atoms with Crippen LogP contribution in [0.4, 0.5) is 24.8 Å². The summed E-state index contributed by atoms with van der Waals surface area (Å²) in [6.07, 6.45) is -1.15. The molecule has 27 heavy (non-hydrogen) atoms. The topological polar surface area (TPSA) is 81.9 Å². The zero-order valence-corrected chi connectivity index (χ0v) is 14.3. The predicted molar refractivity (Wildman–Crippen MR) is 90.3 cm³/mol. The van der Waals surface area contributed by atoms with Crippen molar-refractivity contribution in [3.8, 4) is 11.3 Å². The number of ether oxygens (including phenoxy) is 1. The molecule has 7 nitrogen and oxygen atoms in total. The fourth-order valence-corrected chi connectivity index (χ4v) is 2.35. The third kappa shape index (κ3) is 4.05. The molecular weight excluding hydrogens is 363 g/mol. The number of hydrogen-bond acceptors (Lipinski definition) is 6. The van der Waals surface area contributed by atoms with E-state index in [0.29, 0.717) is 11.3 Å². The number of hydrogen-bond donors (Lipinski definition) is 1. The Hall–Kier alpha value is -3.43. The highest BCUT2D eigenvalue weighted by molar-refractivity contribution is 5.89. The molecule has 0 aliphatic carbocycles. The molecule has 0 atom stereocenters. The van der Waals surface area contributed by atoms with Crippen molar-refractivity contribution in [2.45, 2.75) is 6.18 Å². The first-order valence-corrected chi connectivity index (χ1v) is 7.66. The monoisotopic (exact) mass is 377 g/mol. The number of halogens is 3. The van der Waals surface area contributed by atoms with Gasteiger partial charge in [-0.05, 0) is 24.3 Å². The van der Waals surface area contributed by atoms with Crippen molar-refractivity contribution in [2.75, 3.05) is 12.4 Å². The van der Waals surface area contributed by atoms with Crippen LogP contribution in [0.15, 0.2) is 42.9 Å². The number of carbonyl (C=O) groups is 1. The molecule has 0 saturated heterocycles. The maximum Gasteiger partial charge on any atom is 0.419 e. The Morgan fingerprint density at radius 3 is 2.44 bits per heavy atom. The van der Waals surface area contributed by atoms with Crippen molar-refractivity contribution >= 4 is 17.6 Å². The van der Waals surface area contributed by atoms with E-state index < -0.39 is 17.7 Å². The molecule has 3 aromatic rings. The van der Waals surface area contributed by atoms with E-state index >= 15 is 0 Å². The highest BCUT2D eigenvalue weighted by atomic mass is 19.4. The molecule has 0 radical (unpaired) electrons. The average molecular weight is 377 g/mol.